The van der Waals surface area contributed by atoms with Gasteiger partial charge in [-0.15, -0.1) is 24.0 Å². The Morgan fingerprint density at radius 1 is 1.00 bits per heavy atom. The van der Waals surface area contributed by atoms with Crippen molar-refractivity contribution in [3.63, 3.8) is 0 Å². The molecule has 3 N–H and O–H groups in total. The molecule has 0 spiro atoms. The van der Waals surface area contributed by atoms with Gasteiger partial charge in [-0.3, -0.25) is 4.79 Å². The monoisotopic (exact) mass is 559 g/mol. The molecule has 0 radical (unpaired) electrons. The molecule has 8 nitrogen and oxygen atoms in total. The number of amides is 2. The van der Waals surface area contributed by atoms with Crippen molar-refractivity contribution in [2.24, 2.45) is 4.99 Å². The summed E-state index contributed by atoms with van der Waals surface area (Å²) in [6.07, 6.45) is 2.95. The molecule has 0 saturated carbocycles. The third-order valence-electron chi connectivity index (χ3n) is 4.69. The van der Waals surface area contributed by atoms with Crippen LogP contribution in [-0.4, -0.2) is 61.2 Å². The Morgan fingerprint density at radius 3 is 2.22 bits per heavy atom. The van der Waals surface area contributed by atoms with Crippen LogP contribution in [0.4, 0.5) is 4.79 Å². The molecular formula is C23H38IN5O3. The summed E-state index contributed by atoms with van der Waals surface area (Å²) in [5, 5.41) is 9.09. The smallest absolute Gasteiger partial charge is 0.407 e. The normalized spacial score (nSPS) is 14.2. The summed E-state index contributed by atoms with van der Waals surface area (Å²) in [6, 6.07) is 7.67. The fourth-order valence-electron chi connectivity index (χ4n) is 3.20. The quantitative estimate of drug-likeness (QED) is 0.206. The first kappa shape index (κ1) is 28.0. The molecule has 0 bridgehead atoms. The zero-order valence-electron chi connectivity index (χ0n) is 19.7. The van der Waals surface area contributed by atoms with Crippen LogP contribution in [0.15, 0.2) is 29.3 Å². The Morgan fingerprint density at radius 2 is 1.62 bits per heavy atom. The maximum absolute atomic E-state index is 12.6. The molecule has 9 heteroatoms. The average Bonchev–Trinajstić information content (AvgIpc) is 2.74. The first-order valence-corrected chi connectivity index (χ1v) is 11.2. The Hall–Kier alpha value is -2.04. The van der Waals surface area contributed by atoms with Gasteiger partial charge in [-0.25, -0.2) is 9.79 Å². The molecule has 0 aliphatic carbocycles. The number of likely N-dealkylation sites (tertiary alicyclic amines) is 1. The maximum atomic E-state index is 12.6. The number of ether oxygens (including phenoxy) is 1. The number of carbonyl (C=O) groups is 2. The van der Waals surface area contributed by atoms with E-state index in [1.165, 1.54) is 6.42 Å². The molecule has 1 aromatic carbocycles. The van der Waals surface area contributed by atoms with Gasteiger partial charge in [-0.2, -0.15) is 0 Å². The number of carbonyl (C=O) groups excluding carboxylic acids is 2. The minimum Gasteiger partial charge on any atom is -0.444 e. The number of rotatable bonds is 7. The Kier molecular flexibility index (Phi) is 12.4. The van der Waals surface area contributed by atoms with E-state index in [1.807, 2.05) is 56.9 Å². The first-order valence-electron chi connectivity index (χ1n) is 11.2. The number of nitrogens with zero attached hydrogens (tertiary/aromatic N) is 2. The second-order valence-corrected chi connectivity index (χ2v) is 8.60. The van der Waals surface area contributed by atoms with E-state index in [9.17, 15) is 9.59 Å². The summed E-state index contributed by atoms with van der Waals surface area (Å²) in [5.74, 6) is 0.782. The summed E-state index contributed by atoms with van der Waals surface area (Å²) < 4.78 is 5.21. The van der Waals surface area contributed by atoms with Crippen molar-refractivity contribution in [3.05, 3.63) is 35.4 Å². The Balaban J connectivity index is 0.00000512. The number of piperidine rings is 1. The van der Waals surface area contributed by atoms with E-state index in [0.29, 0.717) is 25.6 Å². The highest BCUT2D eigenvalue weighted by Crippen LogP contribution is 2.14. The zero-order valence-corrected chi connectivity index (χ0v) is 22.0. The van der Waals surface area contributed by atoms with Crippen LogP contribution >= 0.6 is 24.0 Å². The van der Waals surface area contributed by atoms with Crippen molar-refractivity contribution >= 4 is 41.9 Å². The highest BCUT2D eigenvalue weighted by molar-refractivity contribution is 14.0. The van der Waals surface area contributed by atoms with Crippen LogP contribution in [0.25, 0.3) is 0 Å². The van der Waals surface area contributed by atoms with Gasteiger partial charge in [0, 0.05) is 38.3 Å². The molecule has 1 fully saturated rings. The standard InChI is InChI=1S/C23H37N5O3.HI/c1-5-24-21(25-13-14-26-22(30)31-23(2,3)4)27-17-18-9-11-19(12-10-18)20(29)28-15-7-6-8-16-28;/h9-12H,5-8,13-17H2,1-4H3,(H,26,30)(H2,24,25,27);1H. The molecule has 0 aromatic heterocycles. The number of nitrogens with one attached hydrogen (secondary N) is 3. The summed E-state index contributed by atoms with van der Waals surface area (Å²) in [5.41, 5.74) is 1.24. The van der Waals surface area contributed by atoms with Gasteiger partial charge in [-0.05, 0) is 64.7 Å². The highest BCUT2D eigenvalue weighted by Gasteiger charge is 2.18. The van der Waals surface area contributed by atoms with Crippen molar-refractivity contribution < 1.29 is 14.3 Å². The topological polar surface area (TPSA) is 95.1 Å². The molecule has 1 aromatic rings. The average molecular weight is 559 g/mol. The molecule has 2 amide bonds. The molecule has 1 saturated heterocycles. The third kappa shape index (κ3) is 10.5. The molecule has 1 aliphatic rings. The van der Waals surface area contributed by atoms with Crippen LogP contribution < -0.4 is 16.0 Å². The number of halogens is 1. The van der Waals surface area contributed by atoms with E-state index in [0.717, 1.165) is 43.6 Å². The van der Waals surface area contributed by atoms with Gasteiger partial charge in [0.2, 0.25) is 0 Å². The minimum atomic E-state index is -0.512. The van der Waals surface area contributed by atoms with Gasteiger partial charge in [-0.1, -0.05) is 12.1 Å². The molecule has 0 atom stereocenters. The van der Waals surface area contributed by atoms with E-state index in [-0.39, 0.29) is 29.9 Å². The van der Waals surface area contributed by atoms with E-state index >= 15 is 0 Å². The number of hydrogen-bond acceptors (Lipinski definition) is 4. The van der Waals surface area contributed by atoms with E-state index in [4.69, 9.17) is 4.74 Å². The SMILES string of the molecule is CCNC(=NCc1ccc(C(=O)N2CCCCC2)cc1)NCCNC(=O)OC(C)(C)C.I. The van der Waals surface area contributed by atoms with Crippen molar-refractivity contribution in [2.75, 3.05) is 32.7 Å². The largest absolute Gasteiger partial charge is 0.444 e. The van der Waals surface area contributed by atoms with Gasteiger partial charge >= 0.3 is 6.09 Å². The van der Waals surface area contributed by atoms with Crippen LogP contribution in [0.1, 0.15) is 62.9 Å². The van der Waals surface area contributed by atoms with E-state index < -0.39 is 11.7 Å². The second-order valence-electron chi connectivity index (χ2n) is 8.60. The maximum Gasteiger partial charge on any atom is 0.407 e. The molecule has 180 valence electrons. The van der Waals surface area contributed by atoms with Crippen LogP contribution in [0.3, 0.4) is 0 Å². The lowest BCUT2D eigenvalue weighted by molar-refractivity contribution is 0.0528. The second kappa shape index (κ2) is 14.2. The molecule has 2 rings (SSSR count). The van der Waals surface area contributed by atoms with Crippen LogP contribution in [0, 0.1) is 0 Å². The van der Waals surface area contributed by atoms with Crippen LogP contribution in [-0.2, 0) is 11.3 Å². The fourth-order valence-corrected chi connectivity index (χ4v) is 3.20. The lowest BCUT2D eigenvalue weighted by atomic mass is 10.1. The number of aliphatic imine (C=N–C) groups is 1. The third-order valence-corrected chi connectivity index (χ3v) is 4.69. The van der Waals surface area contributed by atoms with Gasteiger partial charge in [0.15, 0.2) is 5.96 Å². The zero-order chi connectivity index (χ0) is 22.7. The highest BCUT2D eigenvalue weighted by atomic mass is 127. The molecule has 0 unspecified atom stereocenters. The summed E-state index contributed by atoms with van der Waals surface area (Å²) in [7, 11) is 0. The fraction of sp³-hybridized carbons (Fsp3) is 0.609. The summed E-state index contributed by atoms with van der Waals surface area (Å²) in [4.78, 5) is 30.8. The first-order chi connectivity index (χ1) is 14.8. The van der Waals surface area contributed by atoms with Crippen molar-refractivity contribution in [2.45, 2.75) is 59.1 Å². The number of alkyl carbamates (subject to hydrolysis) is 1. The molecule has 32 heavy (non-hydrogen) atoms. The van der Waals surface area contributed by atoms with Gasteiger partial charge < -0.3 is 25.6 Å². The molecular weight excluding hydrogens is 521 g/mol. The van der Waals surface area contributed by atoms with Crippen LogP contribution in [0.5, 0.6) is 0 Å². The number of guanidine groups is 1. The Bertz CT molecular complexity index is 741. The predicted molar refractivity (Wildman–Crippen MR) is 139 cm³/mol. The van der Waals surface area contributed by atoms with E-state index in [2.05, 4.69) is 20.9 Å². The van der Waals surface area contributed by atoms with Crippen molar-refractivity contribution in [1.82, 2.24) is 20.9 Å². The number of benzene rings is 1. The van der Waals surface area contributed by atoms with Crippen LogP contribution in [0.2, 0.25) is 0 Å². The molecule has 1 aliphatic heterocycles. The molecule has 1 heterocycles. The summed E-state index contributed by atoms with van der Waals surface area (Å²) >= 11 is 0. The number of hydrogen-bond donors (Lipinski definition) is 3. The van der Waals surface area contributed by atoms with Gasteiger partial charge in [0.25, 0.3) is 5.91 Å². The van der Waals surface area contributed by atoms with Crippen molar-refractivity contribution in [3.8, 4) is 0 Å². The Labute approximate surface area is 209 Å². The minimum absolute atomic E-state index is 0. The lowest BCUT2D eigenvalue weighted by Gasteiger charge is -2.26. The van der Waals surface area contributed by atoms with Gasteiger partial charge in [0.1, 0.15) is 5.60 Å². The van der Waals surface area contributed by atoms with E-state index in [1.54, 1.807) is 0 Å². The lowest BCUT2D eigenvalue weighted by Crippen LogP contribution is -2.42. The van der Waals surface area contributed by atoms with Gasteiger partial charge in [0.05, 0.1) is 6.54 Å². The predicted octanol–water partition coefficient (Wildman–Crippen LogP) is 3.51. The summed E-state index contributed by atoms with van der Waals surface area (Å²) in [6.45, 7) is 11.4. The van der Waals surface area contributed by atoms with Crippen molar-refractivity contribution in [1.29, 1.82) is 0 Å².